The molecule has 0 radical (unpaired) electrons. The van der Waals surface area contributed by atoms with Gasteiger partial charge in [0.05, 0.1) is 12.2 Å². The van der Waals surface area contributed by atoms with Crippen molar-refractivity contribution < 1.29 is 9.53 Å². The number of para-hydroxylation sites is 1. The van der Waals surface area contributed by atoms with Gasteiger partial charge < -0.3 is 20.3 Å². The van der Waals surface area contributed by atoms with Crippen LogP contribution in [0.1, 0.15) is 29.3 Å². The predicted molar refractivity (Wildman–Crippen MR) is 124 cm³/mol. The molecule has 1 fully saturated rings. The van der Waals surface area contributed by atoms with Gasteiger partial charge in [-0.2, -0.15) is 0 Å². The number of carbonyl (C=O) groups excluding carboxylic acids is 1. The highest BCUT2D eigenvalue weighted by Gasteiger charge is 2.23. The summed E-state index contributed by atoms with van der Waals surface area (Å²) in [5, 5.41) is 6.52. The van der Waals surface area contributed by atoms with Crippen LogP contribution in [0.3, 0.4) is 0 Å². The zero-order valence-electron chi connectivity index (χ0n) is 17.8. The first-order valence-electron chi connectivity index (χ1n) is 10.7. The number of nitrogens with zero attached hydrogens (tertiary/aromatic N) is 2. The fourth-order valence-electron chi connectivity index (χ4n) is 3.70. The molecule has 31 heavy (non-hydrogen) atoms. The Morgan fingerprint density at radius 1 is 1.10 bits per heavy atom. The third-order valence-electron chi connectivity index (χ3n) is 5.38. The Balaban J connectivity index is 1.27. The highest BCUT2D eigenvalue weighted by Crippen LogP contribution is 2.19. The van der Waals surface area contributed by atoms with E-state index in [1.54, 1.807) is 6.20 Å². The first kappa shape index (κ1) is 20.9. The summed E-state index contributed by atoms with van der Waals surface area (Å²) in [5.74, 6) is 1.66. The molecule has 1 aromatic heterocycles. The van der Waals surface area contributed by atoms with E-state index in [-0.39, 0.29) is 5.91 Å². The third kappa shape index (κ3) is 5.61. The minimum absolute atomic E-state index is 0.151. The van der Waals surface area contributed by atoms with Crippen molar-refractivity contribution in [3.05, 3.63) is 84.1 Å². The summed E-state index contributed by atoms with van der Waals surface area (Å²) in [7, 11) is 0. The van der Waals surface area contributed by atoms with E-state index in [0.29, 0.717) is 18.2 Å². The monoisotopic (exact) mass is 416 g/mol. The summed E-state index contributed by atoms with van der Waals surface area (Å²) in [4.78, 5) is 19.2. The van der Waals surface area contributed by atoms with Crippen molar-refractivity contribution >= 4 is 17.4 Å². The van der Waals surface area contributed by atoms with E-state index in [1.165, 1.54) is 5.56 Å². The molecule has 3 aromatic rings. The van der Waals surface area contributed by atoms with E-state index >= 15 is 0 Å². The zero-order valence-corrected chi connectivity index (χ0v) is 17.8. The van der Waals surface area contributed by atoms with Crippen LogP contribution in [-0.2, 0) is 6.54 Å². The van der Waals surface area contributed by atoms with Gasteiger partial charge in [0.2, 0.25) is 0 Å². The maximum atomic E-state index is 12.4. The van der Waals surface area contributed by atoms with Crippen LogP contribution in [0, 0.1) is 0 Å². The number of ether oxygens (including phenoxy) is 1. The van der Waals surface area contributed by atoms with Crippen molar-refractivity contribution in [1.29, 1.82) is 0 Å². The summed E-state index contributed by atoms with van der Waals surface area (Å²) in [5.41, 5.74) is 2.57. The van der Waals surface area contributed by atoms with Crippen molar-refractivity contribution in [2.75, 3.05) is 29.9 Å². The van der Waals surface area contributed by atoms with Crippen LogP contribution in [-0.4, -0.2) is 36.6 Å². The summed E-state index contributed by atoms with van der Waals surface area (Å²) in [6, 6.07) is 21.8. The highest BCUT2D eigenvalue weighted by molar-refractivity contribution is 6.04. The topological polar surface area (TPSA) is 66.5 Å². The second-order valence-corrected chi connectivity index (χ2v) is 7.61. The van der Waals surface area contributed by atoms with Gasteiger partial charge in [0.25, 0.3) is 5.91 Å². The smallest absolute Gasteiger partial charge is 0.257 e. The molecular formula is C25H28N4O2. The van der Waals surface area contributed by atoms with Crippen LogP contribution < -0.4 is 20.3 Å². The molecule has 0 saturated carbocycles. The molecule has 1 aliphatic heterocycles. The van der Waals surface area contributed by atoms with Crippen LogP contribution in [0.15, 0.2) is 72.9 Å². The van der Waals surface area contributed by atoms with Gasteiger partial charge in [-0.05, 0) is 55.3 Å². The molecule has 1 aliphatic rings. The van der Waals surface area contributed by atoms with Crippen molar-refractivity contribution in [2.24, 2.45) is 0 Å². The molecule has 6 nitrogen and oxygen atoms in total. The third-order valence-corrected chi connectivity index (χ3v) is 5.38. The first-order valence-corrected chi connectivity index (χ1v) is 10.7. The fraction of sp³-hybridized carbons (Fsp3) is 0.280. The van der Waals surface area contributed by atoms with Crippen LogP contribution in [0.5, 0.6) is 5.75 Å². The maximum Gasteiger partial charge on any atom is 0.257 e. The number of anilines is 2. The van der Waals surface area contributed by atoms with Crippen molar-refractivity contribution in [3.8, 4) is 5.75 Å². The minimum Gasteiger partial charge on any atom is -0.494 e. The van der Waals surface area contributed by atoms with E-state index in [2.05, 4.69) is 32.7 Å². The Morgan fingerprint density at radius 3 is 2.61 bits per heavy atom. The Hall–Kier alpha value is -3.38. The molecule has 2 heterocycles. The van der Waals surface area contributed by atoms with Gasteiger partial charge in [0, 0.05) is 37.6 Å². The van der Waals surface area contributed by atoms with Crippen molar-refractivity contribution in [1.82, 2.24) is 10.3 Å². The highest BCUT2D eigenvalue weighted by atomic mass is 16.5. The number of carbonyl (C=O) groups is 1. The van der Waals surface area contributed by atoms with E-state index in [4.69, 9.17) is 4.74 Å². The number of benzene rings is 2. The Morgan fingerprint density at radius 2 is 1.90 bits per heavy atom. The van der Waals surface area contributed by atoms with E-state index in [9.17, 15) is 4.79 Å². The number of pyridine rings is 1. The number of amides is 1. The lowest BCUT2D eigenvalue weighted by Crippen LogP contribution is -2.32. The average molecular weight is 417 g/mol. The standard InChI is InChI=1S/C25H28N4O2/c1-2-31-23-11-8-19(9-12-23)16-26-22-14-15-29(18-22)24-13-10-20(17-27-24)25(30)28-21-6-4-3-5-7-21/h3-13,17,22,26H,2,14-16,18H2,1H3,(H,28,30). The molecule has 1 atom stereocenters. The molecule has 2 aromatic carbocycles. The maximum absolute atomic E-state index is 12.4. The van der Waals surface area contributed by atoms with Crippen LogP contribution in [0.2, 0.25) is 0 Å². The number of hydrogen-bond donors (Lipinski definition) is 2. The average Bonchev–Trinajstić information content (AvgIpc) is 3.29. The largest absolute Gasteiger partial charge is 0.494 e. The number of hydrogen-bond acceptors (Lipinski definition) is 5. The zero-order chi connectivity index (χ0) is 21.5. The second-order valence-electron chi connectivity index (χ2n) is 7.61. The molecule has 0 bridgehead atoms. The van der Waals surface area contributed by atoms with Gasteiger partial charge in [-0.3, -0.25) is 4.79 Å². The van der Waals surface area contributed by atoms with E-state index in [1.807, 2.05) is 61.5 Å². The summed E-state index contributed by atoms with van der Waals surface area (Å²) in [6.07, 6.45) is 2.71. The molecule has 2 N–H and O–H groups in total. The molecule has 1 amide bonds. The summed E-state index contributed by atoms with van der Waals surface area (Å²) in [6.45, 7) is 5.35. The lowest BCUT2D eigenvalue weighted by molar-refractivity contribution is 0.102. The lowest BCUT2D eigenvalue weighted by atomic mass is 10.2. The SMILES string of the molecule is CCOc1ccc(CNC2CCN(c3ccc(C(=O)Nc4ccccc4)cn3)C2)cc1. The molecule has 6 heteroatoms. The molecule has 160 valence electrons. The van der Waals surface area contributed by atoms with Crippen LogP contribution in [0.25, 0.3) is 0 Å². The van der Waals surface area contributed by atoms with Crippen molar-refractivity contribution in [3.63, 3.8) is 0 Å². The van der Waals surface area contributed by atoms with Gasteiger partial charge >= 0.3 is 0 Å². The van der Waals surface area contributed by atoms with Gasteiger partial charge in [-0.1, -0.05) is 30.3 Å². The number of aromatic nitrogens is 1. The Labute approximate surface area is 183 Å². The quantitative estimate of drug-likeness (QED) is 0.579. The number of nitrogens with one attached hydrogen (secondary N) is 2. The molecule has 0 spiro atoms. The van der Waals surface area contributed by atoms with E-state index < -0.39 is 0 Å². The molecule has 1 saturated heterocycles. The summed E-state index contributed by atoms with van der Waals surface area (Å²) >= 11 is 0. The predicted octanol–water partition coefficient (Wildman–Crippen LogP) is 4.10. The fourth-order valence-corrected chi connectivity index (χ4v) is 3.70. The molecule has 1 unspecified atom stereocenters. The Bertz CT molecular complexity index is 975. The molecule has 4 rings (SSSR count). The number of rotatable bonds is 8. The van der Waals surface area contributed by atoms with Crippen LogP contribution in [0.4, 0.5) is 11.5 Å². The molecular weight excluding hydrogens is 388 g/mol. The molecule has 0 aliphatic carbocycles. The van der Waals surface area contributed by atoms with E-state index in [0.717, 1.165) is 43.3 Å². The van der Waals surface area contributed by atoms with Crippen molar-refractivity contribution in [2.45, 2.75) is 25.9 Å². The lowest BCUT2D eigenvalue weighted by Gasteiger charge is -2.18. The van der Waals surface area contributed by atoms with Gasteiger partial charge in [0.1, 0.15) is 11.6 Å². The summed E-state index contributed by atoms with van der Waals surface area (Å²) < 4.78 is 5.50. The van der Waals surface area contributed by atoms with Gasteiger partial charge in [0.15, 0.2) is 0 Å². The normalized spacial score (nSPS) is 15.6. The van der Waals surface area contributed by atoms with Gasteiger partial charge in [-0.25, -0.2) is 4.98 Å². The van der Waals surface area contributed by atoms with Crippen LogP contribution >= 0.6 is 0 Å². The Kier molecular flexibility index (Phi) is 6.79. The van der Waals surface area contributed by atoms with Gasteiger partial charge in [-0.15, -0.1) is 0 Å². The first-order chi connectivity index (χ1) is 15.2. The minimum atomic E-state index is -0.151. The second kappa shape index (κ2) is 10.1.